The summed E-state index contributed by atoms with van der Waals surface area (Å²) in [5.41, 5.74) is 4.17. The molecule has 0 radical (unpaired) electrons. The number of nitro groups is 1. The first kappa shape index (κ1) is 24.5. The minimum Gasteiger partial charge on any atom is -0.490 e. The van der Waals surface area contributed by atoms with Crippen molar-refractivity contribution in [2.24, 2.45) is 0 Å². The zero-order chi connectivity index (χ0) is 24.7. The predicted octanol–water partition coefficient (Wildman–Crippen LogP) is 6.93. The standard InChI is InChI=1S/C28H28N2O4/c1-5-33-27-17-21(16-23(18-29)22-9-13-25(14-10-22)30(31)32)8-15-26(27)34-19-20-6-11-24(12-7-20)28(2,3)4/h6-17H,5,19H2,1-4H3. The number of allylic oxidation sites excluding steroid dienone is 1. The smallest absolute Gasteiger partial charge is 0.269 e. The molecule has 0 spiro atoms. The lowest BCUT2D eigenvalue weighted by atomic mass is 9.87. The zero-order valence-electron chi connectivity index (χ0n) is 19.9. The van der Waals surface area contributed by atoms with E-state index in [-0.39, 0.29) is 11.1 Å². The van der Waals surface area contributed by atoms with Gasteiger partial charge in [0.15, 0.2) is 11.5 Å². The molecule has 0 atom stereocenters. The molecule has 0 unspecified atom stereocenters. The van der Waals surface area contributed by atoms with E-state index in [0.29, 0.717) is 35.8 Å². The number of benzene rings is 3. The molecular weight excluding hydrogens is 428 g/mol. The van der Waals surface area contributed by atoms with Gasteiger partial charge < -0.3 is 9.47 Å². The quantitative estimate of drug-likeness (QED) is 0.159. The second-order valence-electron chi connectivity index (χ2n) is 8.85. The maximum atomic E-state index is 10.9. The van der Waals surface area contributed by atoms with Crippen LogP contribution in [-0.2, 0) is 12.0 Å². The number of hydrogen-bond donors (Lipinski definition) is 0. The first-order valence-electron chi connectivity index (χ1n) is 11.1. The Balaban J connectivity index is 1.80. The highest BCUT2D eigenvalue weighted by molar-refractivity contribution is 5.90. The lowest BCUT2D eigenvalue weighted by Crippen LogP contribution is -2.10. The summed E-state index contributed by atoms with van der Waals surface area (Å²) in [6.45, 7) is 9.32. The Morgan fingerprint density at radius 1 is 1.00 bits per heavy atom. The van der Waals surface area contributed by atoms with E-state index in [4.69, 9.17) is 9.47 Å². The van der Waals surface area contributed by atoms with Gasteiger partial charge in [-0.15, -0.1) is 0 Å². The highest BCUT2D eigenvalue weighted by atomic mass is 16.6. The molecule has 0 aromatic heterocycles. The topological polar surface area (TPSA) is 85.4 Å². The summed E-state index contributed by atoms with van der Waals surface area (Å²) in [5, 5.41) is 20.5. The van der Waals surface area contributed by atoms with Crippen LogP contribution in [0.1, 0.15) is 49.9 Å². The van der Waals surface area contributed by atoms with Crippen LogP contribution in [-0.4, -0.2) is 11.5 Å². The van der Waals surface area contributed by atoms with E-state index in [9.17, 15) is 15.4 Å². The van der Waals surface area contributed by atoms with Gasteiger partial charge in [0.1, 0.15) is 6.61 Å². The monoisotopic (exact) mass is 456 g/mol. The van der Waals surface area contributed by atoms with Gasteiger partial charge in [-0.1, -0.05) is 51.1 Å². The van der Waals surface area contributed by atoms with Crippen molar-refractivity contribution in [3.05, 3.63) is 99.1 Å². The summed E-state index contributed by atoms with van der Waals surface area (Å²) in [4.78, 5) is 10.4. The van der Waals surface area contributed by atoms with Gasteiger partial charge in [-0.25, -0.2) is 0 Å². The van der Waals surface area contributed by atoms with Crippen LogP contribution in [0.25, 0.3) is 11.6 Å². The van der Waals surface area contributed by atoms with E-state index < -0.39 is 4.92 Å². The number of non-ortho nitro benzene ring substituents is 1. The third kappa shape index (κ3) is 6.23. The van der Waals surface area contributed by atoms with E-state index in [1.54, 1.807) is 18.2 Å². The molecule has 3 aromatic rings. The SMILES string of the molecule is CCOc1cc(C=C(C#N)c2ccc([N+](=O)[O-])cc2)ccc1OCc1ccc(C(C)(C)C)cc1. The molecule has 6 heteroatoms. The first-order chi connectivity index (χ1) is 16.2. The summed E-state index contributed by atoms with van der Waals surface area (Å²) in [6.07, 6.45) is 1.72. The molecule has 0 saturated carbocycles. The number of nitrogens with zero attached hydrogens (tertiary/aromatic N) is 2. The van der Waals surface area contributed by atoms with Crippen molar-refractivity contribution in [3.63, 3.8) is 0 Å². The van der Waals surface area contributed by atoms with Crippen molar-refractivity contribution in [2.75, 3.05) is 6.61 Å². The summed E-state index contributed by atoms with van der Waals surface area (Å²) >= 11 is 0. The zero-order valence-corrected chi connectivity index (χ0v) is 19.9. The lowest BCUT2D eigenvalue weighted by Gasteiger charge is -2.19. The van der Waals surface area contributed by atoms with E-state index in [1.807, 2.05) is 25.1 Å². The first-order valence-corrected chi connectivity index (χ1v) is 11.1. The maximum Gasteiger partial charge on any atom is 0.269 e. The van der Waals surface area contributed by atoms with Crippen molar-refractivity contribution in [2.45, 2.75) is 39.7 Å². The fourth-order valence-corrected chi connectivity index (χ4v) is 3.37. The van der Waals surface area contributed by atoms with E-state index in [0.717, 1.165) is 11.1 Å². The van der Waals surface area contributed by atoms with Crippen LogP contribution in [0.4, 0.5) is 5.69 Å². The number of nitriles is 1. The molecular formula is C28H28N2O4. The Labute approximate surface area is 200 Å². The van der Waals surface area contributed by atoms with Crippen LogP contribution < -0.4 is 9.47 Å². The Kier molecular flexibility index (Phi) is 7.70. The molecule has 0 bridgehead atoms. The number of ether oxygens (including phenoxy) is 2. The molecule has 0 aliphatic carbocycles. The van der Waals surface area contributed by atoms with Gasteiger partial charge in [0, 0.05) is 12.1 Å². The highest BCUT2D eigenvalue weighted by Gasteiger charge is 2.13. The fourth-order valence-electron chi connectivity index (χ4n) is 3.37. The molecule has 0 heterocycles. The molecule has 6 nitrogen and oxygen atoms in total. The Morgan fingerprint density at radius 2 is 1.68 bits per heavy atom. The summed E-state index contributed by atoms with van der Waals surface area (Å²) in [5.74, 6) is 1.20. The number of rotatable bonds is 8. The van der Waals surface area contributed by atoms with Crippen LogP contribution in [0.5, 0.6) is 11.5 Å². The third-order valence-corrected chi connectivity index (χ3v) is 5.30. The maximum absolute atomic E-state index is 10.9. The Morgan fingerprint density at radius 3 is 2.24 bits per heavy atom. The van der Waals surface area contributed by atoms with Crippen molar-refractivity contribution in [1.29, 1.82) is 5.26 Å². The minimum atomic E-state index is -0.467. The second kappa shape index (κ2) is 10.7. The summed E-state index contributed by atoms with van der Waals surface area (Å²) in [6, 6.07) is 22.0. The molecule has 174 valence electrons. The van der Waals surface area contributed by atoms with E-state index >= 15 is 0 Å². The van der Waals surface area contributed by atoms with Gasteiger partial charge in [-0.3, -0.25) is 10.1 Å². The van der Waals surface area contributed by atoms with Gasteiger partial charge in [0.05, 0.1) is 23.2 Å². The minimum absolute atomic E-state index is 0.0192. The second-order valence-corrected chi connectivity index (χ2v) is 8.85. The van der Waals surface area contributed by atoms with Crippen molar-refractivity contribution >= 4 is 17.3 Å². The average Bonchev–Trinajstić information content (AvgIpc) is 2.82. The Bertz CT molecular complexity index is 1220. The van der Waals surface area contributed by atoms with Gasteiger partial charge >= 0.3 is 0 Å². The predicted molar refractivity (Wildman–Crippen MR) is 134 cm³/mol. The highest BCUT2D eigenvalue weighted by Crippen LogP contribution is 2.31. The number of hydrogen-bond acceptors (Lipinski definition) is 5. The largest absolute Gasteiger partial charge is 0.490 e. The summed E-state index contributed by atoms with van der Waals surface area (Å²) in [7, 11) is 0. The summed E-state index contributed by atoms with van der Waals surface area (Å²) < 4.78 is 11.8. The fraction of sp³-hybridized carbons (Fsp3) is 0.250. The van der Waals surface area contributed by atoms with Gasteiger partial charge in [-0.2, -0.15) is 5.26 Å². The van der Waals surface area contributed by atoms with Gasteiger partial charge in [0.2, 0.25) is 0 Å². The van der Waals surface area contributed by atoms with Crippen LogP contribution in [0.3, 0.4) is 0 Å². The number of nitro benzene ring substituents is 1. The van der Waals surface area contributed by atoms with Crippen molar-refractivity contribution < 1.29 is 14.4 Å². The molecule has 0 aliphatic heterocycles. The van der Waals surface area contributed by atoms with Crippen LogP contribution in [0, 0.1) is 21.4 Å². The average molecular weight is 457 g/mol. The molecule has 3 aromatic carbocycles. The van der Waals surface area contributed by atoms with Crippen LogP contribution >= 0.6 is 0 Å². The van der Waals surface area contributed by atoms with Crippen LogP contribution in [0.2, 0.25) is 0 Å². The molecule has 34 heavy (non-hydrogen) atoms. The molecule has 0 fully saturated rings. The van der Waals surface area contributed by atoms with Gasteiger partial charge in [0.25, 0.3) is 5.69 Å². The third-order valence-electron chi connectivity index (χ3n) is 5.30. The van der Waals surface area contributed by atoms with Crippen molar-refractivity contribution in [1.82, 2.24) is 0 Å². The van der Waals surface area contributed by atoms with Crippen LogP contribution in [0.15, 0.2) is 66.7 Å². The Hall–Kier alpha value is -4.11. The van der Waals surface area contributed by atoms with E-state index in [2.05, 4.69) is 51.1 Å². The molecule has 0 saturated heterocycles. The lowest BCUT2D eigenvalue weighted by molar-refractivity contribution is -0.384. The normalized spacial score (nSPS) is 11.6. The van der Waals surface area contributed by atoms with Gasteiger partial charge in [-0.05, 0) is 64.9 Å². The molecule has 0 aliphatic rings. The molecule has 3 rings (SSSR count). The van der Waals surface area contributed by atoms with E-state index in [1.165, 1.54) is 17.7 Å². The molecule has 0 N–H and O–H groups in total. The van der Waals surface area contributed by atoms with Crippen molar-refractivity contribution in [3.8, 4) is 17.6 Å². The molecule has 0 amide bonds.